The van der Waals surface area contributed by atoms with E-state index < -0.39 is 5.60 Å². The molecule has 0 saturated carbocycles. The molecule has 0 bridgehead atoms. The van der Waals surface area contributed by atoms with Crippen molar-refractivity contribution in [2.45, 2.75) is 63.1 Å². The van der Waals surface area contributed by atoms with Gasteiger partial charge in [0.25, 0.3) is 5.56 Å². The minimum Gasteiger partial charge on any atom is -0.388 e. The second-order valence-electron chi connectivity index (χ2n) is 11.3. The molecule has 2 aromatic carbocycles. The van der Waals surface area contributed by atoms with Crippen molar-refractivity contribution in [3.05, 3.63) is 81.9 Å². The third-order valence-corrected chi connectivity index (χ3v) is 9.54. The van der Waals surface area contributed by atoms with Gasteiger partial charge in [-0.2, -0.15) is 4.37 Å². The number of aryl methyl sites for hydroxylation is 1. The van der Waals surface area contributed by atoms with Gasteiger partial charge in [0.05, 0.1) is 23.4 Å². The molecule has 0 radical (unpaired) electrons. The van der Waals surface area contributed by atoms with Gasteiger partial charge in [-0.05, 0) is 78.5 Å². The van der Waals surface area contributed by atoms with E-state index in [1.54, 1.807) is 0 Å². The maximum Gasteiger partial charge on any atom is 0.281 e. The number of fused-ring (bicyclic) bond motifs is 2. The molecule has 2 atom stereocenters. The van der Waals surface area contributed by atoms with Gasteiger partial charge < -0.3 is 15.3 Å². The van der Waals surface area contributed by atoms with Gasteiger partial charge in [0.15, 0.2) is 5.52 Å². The molecule has 6 rings (SSSR count). The van der Waals surface area contributed by atoms with Gasteiger partial charge in [-0.3, -0.25) is 14.2 Å². The number of carbonyl (C=O) groups is 1. The molecule has 4 aromatic rings. The Hall–Kier alpha value is -3.40. The first kappa shape index (κ1) is 26.8. The van der Waals surface area contributed by atoms with Gasteiger partial charge in [-0.15, -0.1) is 0 Å². The summed E-state index contributed by atoms with van der Waals surface area (Å²) in [5, 5.41) is 14.7. The zero-order chi connectivity index (χ0) is 27.9. The van der Waals surface area contributed by atoms with Crippen molar-refractivity contribution in [2.75, 3.05) is 20.1 Å². The summed E-state index contributed by atoms with van der Waals surface area (Å²) in [4.78, 5) is 33.7. The predicted molar refractivity (Wildman–Crippen MR) is 157 cm³/mol. The molecule has 8 nitrogen and oxygen atoms in total. The Balaban J connectivity index is 1.13. The van der Waals surface area contributed by atoms with Gasteiger partial charge in [-0.1, -0.05) is 49.4 Å². The maximum absolute atomic E-state index is 13.4. The summed E-state index contributed by atoms with van der Waals surface area (Å²) in [5.41, 5.74) is 4.46. The molecule has 1 amide bonds. The zero-order valence-electron chi connectivity index (χ0n) is 23.0. The van der Waals surface area contributed by atoms with Crippen LogP contribution in [0.3, 0.4) is 0 Å². The second kappa shape index (κ2) is 10.9. The molecule has 2 aromatic heterocycles. The van der Waals surface area contributed by atoms with E-state index in [-0.39, 0.29) is 23.9 Å². The quantitative estimate of drug-likeness (QED) is 0.352. The molecular weight excluding hydrogens is 522 g/mol. The number of nitrogens with one attached hydrogen (secondary N) is 1. The third-order valence-electron chi connectivity index (χ3n) is 8.65. The highest BCUT2D eigenvalue weighted by Gasteiger charge is 2.35. The fraction of sp³-hybridized carbons (Fsp3) is 0.419. The number of likely N-dealkylation sites (tertiary alicyclic amines) is 1. The lowest BCUT2D eigenvalue weighted by Gasteiger charge is -2.38. The maximum atomic E-state index is 13.4. The van der Waals surface area contributed by atoms with Gasteiger partial charge in [0, 0.05) is 25.6 Å². The molecule has 40 heavy (non-hydrogen) atoms. The highest BCUT2D eigenvalue weighted by atomic mass is 32.1. The summed E-state index contributed by atoms with van der Waals surface area (Å²) >= 11 is 1.29. The van der Waals surface area contributed by atoms with E-state index in [1.165, 1.54) is 33.6 Å². The highest BCUT2D eigenvalue weighted by molar-refractivity contribution is 7.11. The summed E-state index contributed by atoms with van der Waals surface area (Å²) in [6, 6.07) is 16.9. The van der Waals surface area contributed by atoms with Gasteiger partial charge >= 0.3 is 0 Å². The number of benzene rings is 2. The van der Waals surface area contributed by atoms with Crippen molar-refractivity contribution in [3.8, 4) is 10.4 Å². The first-order chi connectivity index (χ1) is 19.3. The number of hydrogen-bond acceptors (Lipinski definition) is 7. The number of hydrogen-bond donors (Lipinski definition) is 2. The van der Waals surface area contributed by atoms with E-state index in [4.69, 9.17) is 0 Å². The van der Waals surface area contributed by atoms with E-state index in [0.717, 1.165) is 28.8 Å². The number of piperidine rings is 1. The fourth-order valence-electron chi connectivity index (χ4n) is 6.16. The average molecular weight is 558 g/mol. The number of aromatic nitrogens is 3. The summed E-state index contributed by atoms with van der Waals surface area (Å²) < 4.78 is 5.96. The van der Waals surface area contributed by atoms with Crippen molar-refractivity contribution in [1.82, 2.24) is 24.1 Å². The molecule has 1 aliphatic carbocycles. The number of amides is 1. The fourth-order valence-corrected chi connectivity index (χ4v) is 6.98. The molecule has 1 fully saturated rings. The summed E-state index contributed by atoms with van der Waals surface area (Å²) in [6.45, 7) is 3.13. The Labute approximate surface area is 237 Å². The van der Waals surface area contributed by atoms with Crippen LogP contribution in [0.1, 0.15) is 61.3 Å². The van der Waals surface area contributed by atoms with E-state index in [1.807, 2.05) is 42.3 Å². The molecule has 208 valence electrons. The van der Waals surface area contributed by atoms with Crippen molar-refractivity contribution >= 4 is 28.5 Å². The number of rotatable bonds is 7. The molecule has 2 aliphatic rings. The molecular formula is C31H35N5O3S. The minimum atomic E-state index is -1.08. The standard InChI is InChI=1S/C31H35N5O3S/c1-20(21-6-4-3-5-7-21)16-26(37)35-14-12-31(39,13-15-35)18-36-19-33-27-28(30(36)38)34-40-29(27)23-8-10-24-22(17-23)9-11-25(24)32-2/h3-8,10,17,19-20,25,32,39H,9,11-16,18H2,1-2H3. The number of nitrogens with zero attached hydrogens (tertiary/aromatic N) is 4. The van der Waals surface area contributed by atoms with E-state index >= 15 is 0 Å². The minimum absolute atomic E-state index is 0.0988. The van der Waals surface area contributed by atoms with E-state index in [0.29, 0.717) is 49.4 Å². The summed E-state index contributed by atoms with van der Waals surface area (Å²) in [6.07, 6.45) is 4.91. The topological polar surface area (TPSA) is 100 Å². The lowest BCUT2D eigenvalue weighted by atomic mass is 9.90. The molecule has 1 aliphatic heterocycles. The SMILES string of the molecule is CNC1CCc2cc(-c3snc4c(=O)n(CC5(O)CCN(C(=O)CC(C)c6ccccc6)CC5)cnc34)ccc21. The largest absolute Gasteiger partial charge is 0.388 e. The van der Waals surface area contributed by atoms with Crippen LogP contribution in [-0.4, -0.2) is 55.6 Å². The Morgan fingerprint density at radius 1 is 1.18 bits per heavy atom. The molecule has 0 spiro atoms. The van der Waals surface area contributed by atoms with Crippen LogP contribution in [0.4, 0.5) is 0 Å². The van der Waals surface area contributed by atoms with Crippen molar-refractivity contribution in [1.29, 1.82) is 0 Å². The highest BCUT2D eigenvalue weighted by Crippen LogP contribution is 2.37. The van der Waals surface area contributed by atoms with Crippen LogP contribution in [0.15, 0.2) is 59.7 Å². The van der Waals surface area contributed by atoms with Crippen LogP contribution >= 0.6 is 11.5 Å². The van der Waals surface area contributed by atoms with Crippen LogP contribution in [0, 0.1) is 0 Å². The van der Waals surface area contributed by atoms with Gasteiger partial charge in [0.1, 0.15) is 5.52 Å². The van der Waals surface area contributed by atoms with Crippen LogP contribution in [0.25, 0.3) is 21.5 Å². The van der Waals surface area contributed by atoms with Crippen molar-refractivity contribution in [3.63, 3.8) is 0 Å². The summed E-state index contributed by atoms with van der Waals surface area (Å²) in [7, 11) is 1.99. The smallest absolute Gasteiger partial charge is 0.281 e. The summed E-state index contributed by atoms with van der Waals surface area (Å²) in [5.74, 6) is 0.234. The Kier molecular flexibility index (Phi) is 7.29. The van der Waals surface area contributed by atoms with Crippen LogP contribution in [0.5, 0.6) is 0 Å². The van der Waals surface area contributed by atoms with E-state index in [2.05, 4.69) is 39.8 Å². The van der Waals surface area contributed by atoms with Crippen molar-refractivity contribution < 1.29 is 9.90 Å². The number of carbonyl (C=O) groups excluding carboxylic acids is 1. The molecule has 1 saturated heterocycles. The van der Waals surface area contributed by atoms with Gasteiger partial charge in [0.2, 0.25) is 5.91 Å². The molecule has 3 heterocycles. The predicted octanol–water partition coefficient (Wildman–Crippen LogP) is 4.27. The molecule has 9 heteroatoms. The lowest BCUT2D eigenvalue weighted by molar-refractivity contribution is -0.136. The normalized spacial score (nSPS) is 19.1. The van der Waals surface area contributed by atoms with Crippen LogP contribution in [0.2, 0.25) is 0 Å². The van der Waals surface area contributed by atoms with Crippen molar-refractivity contribution in [2.24, 2.45) is 0 Å². The lowest BCUT2D eigenvalue weighted by Crippen LogP contribution is -2.49. The Bertz CT molecular complexity index is 1590. The first-order valence-corrected chi connectivity index (χ1v) is 14.8. The van der Waals surface area contributed by atoms with Crippen LogP contribution < -0.4 is 10.9 Å². The zero-order valence-corrected chi connectivity index (χ0v) is 23.8. The first-order valence-electron chi connectivity index (χ1n) is 14.1. The third kappa shape index (κ3) is 5.09. The van der Waals surface area contributed by atoms with Crippen LogP contribution in [-0.2, 0) is 17.8 Å². The molecule has 2 N–H and O–H groups in total. The average Bonchev–Trinajstić information content (AvgIpc) is 3.59. The number of aliphatic hydroxyl groups is 1. The second-order valence-corrected chi connectivity index (χ2v) is 12.1. The molecule has 2 unspecified atom stereocenters. The Morgan fingerprint density at radius 3 is 2.70 bits per heavy atom. The van der Waals surface area contributed by atoms with E-state index in [9.17, 15) is 14.7 Å². The van der Waals surface area contributed by atoms with Gasteiger partial charge in [-0.25, -0.2) is 4.98 Å². The Morgan fingerprint density at radius 2 is 1.95 bits per heavy atom. The monoisotopic (exact) mass is 557 g/mol.